The Kier molecular flexibility index (Phi) is 3.07. The minimum Gasteiger partial charge on any atom is -0.399 e. The lowest BCUT2D eigenvalue weighted by Gasteiger charge is -2.21. The maximum atomic E-state index is 5.78. The van der Waals surface area contributed by atoms with E-state index in [1.165, 1.54) is 0 Å². The molecule has 1 atom stereocenters. The van der Waals surface area contributed by atoms with Gasteiger partial charge < -0.3 is 15.2 Å². The highest BCUT2D eigenvalue weighted by Gasteiger charge is 2.11. The number of benzene rings is 1. The number of nitrogens with zero attached hydrogens (tertiary/aromatic N) is 3. The fraction of sp³-hybridized carbons (Fsp3) is 0.462. The molecule has 0 radical (unpaired) electrons. The molecule has 2 aromatic rings. The molecule has 4 nitrogen and oxygen atoms in total. The molecule has 1 unspecified atom stereocenters. The third kappa shape index (κ3) is 2.26. The van der Waals surface area contributed by atoms with Gasteiger partial charge in [-0.05, 0) is 46.1 Å². The lowest BCUT2D eigenvalue weighted by molar-refractivity contribution is 0.284. The molecule has 0 bridgehead atoms. The van der Waals surface area contributed by atoms with Gasteiger partial charge in [-0.25, -0.2) is 4.98 Å². The van der Waals surface area contributed by atoms with Gasteiger partial charge in [-0.1, -0.05) is 0 Å². The van der Waals surface area contributed by atoms with Gasteiger partial charge in [0.05, 0.1) is 11.0 Å². The molecule has 0 saturated carbocycles. The van der Waals surface area contributed by atoms with Crippen molar-refractivity contribution >= 4 is 16.7 Å². The third-order valence-electron chi connectivity index (χ3n) is 3.29. The Morgan fingerprint density at radius 3 is 2.76 bits per heavy atom. The van der Waals surface area contributed by atoms with Crippen LogP contribution in [0.3, 0.4) is 0 Å². The molecule has 1 heterocycles. The zero-order valence-electron chi connectivity index (χ0n) is 10.9. The van der Waals surface area contributed by atoms with Crippen molar-refractivity contribution in [1.82, 2.24) is 14.5 Å². The van der Waals surface area contributed by atoms with Crippen LogP contribution in [0.15, 0.2) is 18.2 Å². The number of aromatic nitrogens is 2. The Morgan fingerprint density at radius 2 is 2.12 bits per heavy atom. The van der Waals surface area contributed by atoms with E-state index in [1.807, 2.05) is 25.1 Å². The third-order valence-corrected chi connectivity index (χ3v) is 3.29. The summed E-state index contributed by atoms with van der Waals surface area (Å²) >= 11 is 0. The maximum Gasteiger partial charge on any atom is 0.106 e. The Morgan fingerprint density at radius 1 is 1.41 bits per heavy atom. The number of anilines is 1. The number of likely N-dealkylation sites (N-methyl/N-ethyl adjacent to an activating group) is 1. The predicted octanol–water partition coefficient (Wildman–Crippen LogP) is 1.88. The van der Waals surface area contributed by atoms with Crippen LogP contribution in [0.4, 0.5) is 5.69 Å². The summed E-state index contributed by atoms with van der Waals surface area (Å²) in [6.45, 7) is 5.19. The number of rotatable bonds is 3. The second-order valence-electron chi connectivity index (χ2n) is 4.83. The molecule has 0 aliphatic heterocycles. The standard InChI is InChI=1S/C13H20N4/c1-9(16(3)4)8-17-10(2)15-12-7-11(14)5-6-13(12)17/h5-7,9H,8,14H2,1-4H3. The van der Waals surface area contributed by atoms with Crippen LogP contribution in [0.5, 0.6) is 0 Å². The second kappa shape index (κ2) is 4.37. The fourth-order valence-electron chi connectivity index (χ4n) is 1.93. The predicted molar refractivity (Wildman–Crippen MR) is 72.0 cm³/mol. The van der Waals surface area contributed by atoms with Crippen LogP contribution >= 0.6 is 0 Å². The minimum atomic E-state index is 0.476. The van der Waals surface area contributed by atoms with Crippen LogP contribution in [0.2, 0.25) is 0 Å². The highest BCUT2D eigenvalue weighted by atomic mass is 15.2. The topological polar surface area (TPSA) is 47.1 Å². The smallest absolute Gasteiger partial charge is 0.106 e. The van der Waals surface area contributed by atoms with Gasteiger partial charge in [-0.3, -0.25) is 0 Å². The number of nitrogens with two attached hydrogens (primary N) is 1. The van der Waals surface area contributed by atoms with Gasteiger partial charge in [0.15, 0.2) is 0 Å². The summed E-state index contributed by atoms with van der Waals surface area (Å²) in [5.74, 6) is 1.04. The molecule has 2 N–H and O–H groups in total. The van der Waals surface area contributed by atoms with Crippen molar-refractivity contribution in [1.29, 1.82) is 0 Å². The average Bonchev–Trinajstić information content (AvgIpc) is 2.54. The van der Waals surface area contributed by atoms with Crippen molar-refractivity contribution in [2.45, 2.75) is 26.4 Å². The molecule has 92 valence electrons. The summed E-state index contributed by atoms with van der Waals surface area (Å²) in [6.07, 6.45) is 0. The first-order valence-corrected chi connectivity index (χ1v) is 5.88. The molecule has 0 fully saturated rings. The van der Waals surface area contributed by atoms with E-state index in [2.05, 4.69) is 35.5 Å². The molecular weight excluding hydrogens is 212 g/mol. The van der Waals surface area contributed by atoms with Gasteiger partial charge in [0.2, 0.25) is 0 Å². The molecule has 4 heteroatoms. The summed E-state index contributed by atoms with van der Waals surface area (Å²) < 4.78 is 2.25. The highest BCUT2D eigenvalue weighted by Crippen LogP contribution is 2.19. The summed E-state index contributed by atoms with van der Waals surface area (Å²) in [5.41, 5.74) is 8.68. The molecule has 1 aromatic heterocycles. The summed E-state index contributed by atoms with van der Waals surface area (Å²) in [7, 11) is 4.19. The van der Waals surface area contributed by atoms with E-state index in [4.69, 9.17) is 5.73 Å². The van der Waals surface area contributed by atoms with E-state index in [9.17, 15) is 0 Å². The molecule has 17 heavy (non-hydrogen) atoms. The first-order valence-electron chi connectivity index (χ1n) is 5.88. The number of hydrogen-bond donors (Lipinski definition) is 1. The number of imidazole rings is 1. The van der Waals surface area contributed by atoms with Crippen molar-refractivity contribution in [3.05, 3.63) is 24.0 Å². The van der Waals surface area contributed by atoms with Crippen molar-refractivity contribution in [3.8, 4) is 0 Å². The monoisotopic (exact) mass is 232 g/mol. The Balaban J connectivity index is 2.43. The normalized spacial score (nSPS) is 13.5. The van der Waals surface area contributed by atoms with Crippen LogP contribution in [0, 0.1) is 6.92 Å². The maximum absolute atomic E-state index is 5.78. The number of fused-ring (bicyclic) bond motifs is 1. The molecule has 0 amide bonds. The van der Waals surface area contributed by atoms with Crippen LogP contribution in [-0.4, -0.2) is 34.6 Å². The van der Waals surface area contributed by atoms with E-state index in [0.717, 1.165) is 29.1 Å². The van der Waals surface area contributed by atoms with E-state index in [0.29, 0.717) is 6.04 Å². The van der Waals surface area contributed by atoms with E-state index in [1.54, 1.807) is 0 Å². The summed E-state index contributed by atoms with van der Waals surface area (Å²) in [4.78, 5) is 6.76. The summed E-state index contributed by atoms with van der Waals surface area (Å²) in [6, 6.07) is 6.38. The highest BCUT2D eigenvalue weighted by molar-refractivity contribution is 5.79. The van der Waals surface area contributed by atoms with Gasteiger partial charge in [0, 0.05) is 18.3 Å². The quantitative estimate of drug-likeness (QED) is 0.822. The van der Waals surface area contributed by atoms with Gasteiger partial charge in [0.25, 0.3) is 0 Å². The van der Waals surface area contributed by atoms with Gasteiger partial charge >= 0.3 is 0 Å². The largest absolute Gasteiger partial charge is 0.399 e. The number of hydrogen-bond acceptors (Lipinski definition) is 3. The molecular formula is C13H20N4. The van der Waals surface area contributed by atoms with Crippen molar-refractivity contribution in [2.75, 3.05) is 19.8 Å². The van der Waals surface area contributed by atoms with E-state index in [-0.39, 0.29) is 0 Å². The van der Waals surface area contributed by atoms with Gasteiger partial charge in [-0.15, -0.1) is 0 Å². The van der Waals surface area contributed by atoms with Crippen LogP contribution in [-0.2, 0) is 6.54 Å². The van der Waals surface area contributed by atoms with E-state index >= 15 is 0 Å². The Labute approximate surface area is 102 Å². The van der Waals surface area contributed by atoms with E-state index < -0.39 is 0 Å². The SMILES string of the molecule is Cc1nc2cc(N)ccc2n1CC(C)N(C)C. The molecule has 0 spiro atoms. The van der Waals surface area contributed by atoms with Crippen molar-refractivity contribution in [2.24, 2.45) is 0 Å². The molecule has 0 aliphatic carbocycles. The fourth-order valence-corrected chi connectivity index (χ4v) is 1.93. The van der Waals surface area contributed by atoms with Gasteiger partial charge in [-0.2, -0.15) is 0 Å². The molecule has 1 aromatic carbocycles. The Bertz CT molecular complexity index is 527. The second-order valence-corrected chi connectivity index (χ2v) is 4.83. The molecule has 0 saturated heterocycles. The van der Waals surface area contributed by atoms with Crippen LogP contribution in [0.1, 0.15) is 12.7 Å². The first-order chi connectivity index (χ1) is 7.99. The number of aryl methyl sites for hydroxylation is 1. The van der Waals surface area contributed by atoms with Crippen molar-refractivity contribution in [3.63, 3.8) is 0 Å². The minimum absolute atomic E-state index is 0.476. The molecule has 2 rings (SSSR count). The Hall–Kier alpha value is -1.55. The number of nitrogen functional groups attached to an aromatic ring is 1. The lowest BCUT2D eigenvalue weighted by Crippen LogP contribution is -2.29. The van der Waals surface area contributed by atoms with Crippen LogP contribution < -0.4 is 5.73 Å². The lowest BCUT2D eigenvalue weighted by atomic mass is 10.2. The average molecular weight is 232 g/mol. The zero-order valence-corrected chi connectivity index (χ0v) is 10.9. The zero-order chi connectivity index (χ0) is 12.6. The molecule has 0 aliphatic rings. The van der Waals surface area contributed by atoms with Crippen molar-refractivity contribution < 1.29 is 0 Å². The van der Waals surface area contributed by atoms with Crippen LogP contribution in [0.25, 0.3) is 11.0 Å². The summed E-state index contributed by atoms with van der Waals surface area (Å²) in [5, 5.41) is 0. The first kappa shape index (κ1) is 11.9. The van der Waals surface area contributed by atoms with Gasteiger partial charge in [0.1, 0.15) is 5.82 Å².